The van der Waals surface area contributed by atoms with Crippen LogP contribution in [0.4, 0.5) is 0 Å². The van der Waals surface area contributed by atoms with Crippen LogP contribution in [-0.4, -0.2) is 11.9 Å². The summed E-state index contributed by atoms with van der Waals surface area (Å²) in [5.74, 6) is 1.26. The van der Waals surface area contributed by atoms with Gasteiger partial charge in [0.1, 0.15) is 5.41 Å². The van der Waals surface area contributed by atoms with Crippen LogP contribution in [0.1, 0.15) is 58.8 Å². The smallest absolute Gasteiger partial charge is 0.240 e. The Bertz CT molecular complexity index is 352. The van der Waals surface area contributed by atoms with Crippen molar-refractivity contribution in [2.45, 2.75) is 64.8 Å². The van der Waals surface area contributed by atoms with Crippen molar-refractivity contribution in [2.75, 3.05) is 0 Å². The minimum absolute atomic E-state index is 0.00940. The maximum atomic E-state index is 12.3. The summed E-state index contributed by atoms with van der Waals surface area (Å²) in [6.07, 6.45) is 7.35. The lowest BCUT2D eigenvalue weighted by Crippen LogP contribution is -2.51. The molecule has 0 bridgehead atoms. The zero-order chi connectivity index (χ0) is 13.2. The number of hydrogen-bond acceptors (Lipinski definition) is 2. The van der Waals surface area contributed by atoms with Gasteiger partial charge in [0.2, 0.25) is 5.91 Å². The van der Waals surface area contributed by atoms with Gasteiger partial charge in [-0.1, -0.05) is 33.1 Å². The Labute approximate surface area is 110 Å². The first-order valence-corrected chi connectivity index (χ1v) is 7.32. The van der Waals surface area contributed by atoms with E-state index in [4.69, 9.17) is 0 Å². The Kier molecular flexibility index (Phi) is 3.94. The summed E-state index contributed by atoms with van der Waals surface area (Å²) in [4.78, 5) is 12.3. The summed E-state index contributed by atoms with van der Waals surface area (Å²) in [7, 11) is 0. The molecule has 3 nitrogen and oxygen atoms in total. The molecule has 0 radical (unpaired) electrons. The fourth-order valence-corrected chi connectivity index (χ4v) is 3.57. The van der Waals surface area contributed by atoms with Gasteiger partial charge in [-0.15, -0.1) is 0 Å². The molecule has 0 saturated heterocycles. The van der Waals surface area contributed by atoms with E-state index in [9.17, 15) is 10.1 Å². The van der Waals surface area contributed by atoms with Crippen molar-refractivity contribution >= 4 is 5.91 Å². The molecule has 0 heterocycles. The average molecular weight is 248 g/mol. The van der Waals surface area contributed by atoms with Gasteiger partial charge < -0.3 is 5.32 Å². The average Bonchev–Trinajstić information content (AvgIpc) is 2.34. The van der Waals surface area contributed by atoms with E-state index in [1.807, 2.05) is 0 Å². The molecular weight excluding hydrogens is 224 g/mol. The Hall–Kier alpha value is -1.04. The van der Waals surface area contributed by atoms with Crippen LogP contribution in [0.5, 0.6) is 0 Å². The first-order chi connectivity index (χ1) is 8.59. The third kappa shape index (κ3) is 2.53. The van der Waals surface area contributed by atoms with Gasteiger partial charge in [0.15, 0.2) is 0 Å². The van der Waals surface area contributed by atoms with Crippen molar-refractivity contribution in [1.29, 1.82) is 5.26 Å². The van der Waals surface area contributed by atoms with E-state index in [-0.39, 0.29) is 5.91 Å². The number of amides is 1. The molecule has 0 aromatic heterocycles. The van der Waals surface area contributed by atoms with Crippen LogP contribution in [0.2, 0.25) is 0 Å². The van der Waals surface area contributed by atoms with Crippen LogP contribution in [0.3, 0.4) is 0 Å². The third-order valence-corrected chi connectivity index (χ3v) is 4.74. The van der Waals surface area contributed by atoms with Crippen molar-refractivity contribution in [2.24, 2.45) is 17.3 Å². The summed E-state index contributed by atoms with van der Waals surface area (Å²) in [6.45, 7) is 4.33. The molecule has 1 N–H and O–H groups in total. The van der Waals surface area contributed by atoms with Crippen LogP contribution in [0.15, 0.2) is 0 Å². The number of nitrogens with zero attached hydrogens (tertiary/aromatic N) is 1. The number of carbonyl (C=O) groups excluding carboxylic acids is 1. The standard InChI is InChI=1S/C15H24N2O/c1-3-12-5-4-6-13(7-12)17-14(18)15(10-16)8-11(2)9-15/h11-13H,3-9H2,1-2H3,(H,17,18). The Morgan fingerprint density at radius 1 is 1.44 bits per heavy atom. The van der Waals surface area contributed by atoms with Crippen molar-refractivity contribution in [3.05, 3.63) is 0 Å². The van der Waals surface area contributed by atoms with E-state index in [2.05, 4.69) is 25.2 Å². The normalized spacial score (nSPS) is 39.5. The van der Waals surface area contributed by atoms with E-state index in [0.29, 0.717) is 12.0 Å². The largest absolute Gasteiger partial charge is 0.352 e. The number of nitrogens with one attached hydrogen (secondary N) is 1. The Morgan fingerprint density at radius 2 is 2.17 bits per heavy atom. The first kappa shape index (κ1) is 13.4. The summed E-state index contributed by atoms with van der Waals surface area (Å²) in [5.41, 5.74) is -0.710. The van der Waals surface area contributed by atoms with Crippen molar-refractivity contribution in [3.63, 3.8) is 0 Å². The van der Waals surface area contributed by atoms with E-state index in [0.717, 1.165) is 31.6 Å². The minimum atomic E-state index is -0.710. The second kappa shape index (κ2) is 5.30. The molecule has 2 rings (SSSR count). The molecule has 1 amide bonds. The molecule has 0 spiro atoms. The van der Waals surface area contributed by atoms with Gasteiger partial charge in [0.25, 0.3) is 0 Å². The molecule has 3 heteroatoms. The highest BCUT2D eigenvalue weighted by Gasteiger charge is 2.49. The lowest BCUT2D eigenvalue weighted by Gasteiger charge is -2.41. The SMILES string of the molecule is CCC1CCCC(NC(=O)C2(C#N)CC(C)C2)C1. The molecule has 2 unspecified atom stereocenters. The lowest BCUT2D eigenvalue weighted by molar-refractivity contribution is -0.135. The van der Waals surface area contributed by atoms with Crippen LogP contribution in [0, 0.1) is 28.6 Å². The Balaban J connectivity index is 1.89. The van der Waals surface area contributed by atoms with Gasteiger partial charge in [0, 0.05) is 6.04 Å². The van der Waals surface area contributed by atoms with Crippen LogP contribution in [-0.2, 0) is 4.79 Å². The predicted octanol–water partition coefficient (Wildman–Crippen LogP) is 3.01. The van der Waals surface area contributed by atoms with Crippen molar-refractivity contribution < 1.29 is 4.79 Å². The first-order valence-electron chi connectivity index (χ1n) is 7.32. The number of carbonyl (C=O) groups is 1. The molecule has 2 aliphatic rings. The monoisotopic (exact) mass is 248 g/mol. The van der Waals surface area contributed by atoms with Gasteiger partial charge in [-0.05, 0) is 37.5 Å². The quantitative estimate of drug-likeness (QED) is 0.834. The van der Waals surface area contributed by atoms with Crippen molar-refractivity contribution in [1.82, 2.24) is 5.32 Å². The van der Waals surface area contributed by atoms with E-state index in [1.54, 1.807) is 0 Å². The topological polar surface area (TPSA) is 52.9 Å². The number of hydrogen-bond donors (Lipinski definition) is 1. The molecule has 2 atom stereocenters. The van der Waals surface area contributed by atoms with E-state index < -0.39 is 5.41 Å². The summed E-state index contributed by atoms with van der Waals surface area (Å²) in [6, 6.07) is 2.55. The second-order valence-corrected chi connectivity index (χ2v) is 6.32. The number of nitriles is 1. The van der Waals surface area contributed by atoms with Crippen LogP contribution in [0.25, 0.3) is 0 Å². The molecule has 2 fully saturated rings. The fraction of sp³-hybridized carbons (Fsp3) is 0.867. The zero-order valence-corrected chi connectivity index (χ0v) is 11.5. The summed E-state index contributed by atoms with van der Waals surface area (Å²) < 4.78 is 0. The molecule has 0 aromatic rings. The second-order valence-electron chi connectivity index (χ2n) is 6.32. The van der Waals surface area contributed by atoms with Gasteiger partial charge >= 0.3 is 0 Å². The van der Waals surface area contributed by atoms with Crippen molar-refractivity contribution in [3.8, 4) is 6.07 Å². The van der Waals surface area contributed by atoms with Crippen LogP contribution < -0.4 is 5.32 Å². The third-order valence-electron chi connectivity index (χ3n) is 4.74. The summed E-state index contributed by atoms with van der Waals surface area (Å²) in [5, 5.41) is 12.4. The van der Waals surface area contributed by atoms with E-state index >= 15 is 0 Å². The van der Waals surface area contributed by atoms with Gasteiger partial charge in [-0.25, -0.2) is 0 Å². The van der Waals surface area contributed by atoms with Gasteiger partial charge in [0.05, 0.1) is 6.07 Å². The van der Waals surface area contributed by atoms with Gasteiger partial charge in [-0.3, -0.25) is 4.79 Å². The van der Waals surface area contributed by atoms with E-state index in [1.165, 1.54) is 19.3 Å². The molecule has 2 aliphatic carbocycles. The lowest BCUT2D eigenvalue weighted by atomic mass is 9.63. The summed E-state index contributed by atoms with van der Waals surface area (Å²) >= 11 is 0. The Morgan fingerprint density at radius 3 is 2.72 bits per heavy atom. The molecular formula is C15H24N2O. The minimum Gasteiger partial charge on any atom is -0.352 e. The maximum Gasteiger partial charge on any atom is 0.240 e. The number of rotatable bonds is 3. The molecule has 0 aliphatic heterocycles. The molecule has 100 valence electrons. The fourth-order valence-electron chi connectivity index (χ4n) is 3.57. The zero-order valence-electron chi connectivity index (χ0n) is 11.5. The highest BCUT2D eigenvalue weighted by atomic mass is 16.2. The van der Waals surface area contributed by atoms with Gasteiger partial charge in [-0.2, -0.15) is 5.26 Å². The predicted molar refractivity (Wildman–Crippen MR) is 70.6 cm³/mol. The molecule has 2 saturated carbocycles. The highest BCUT2D eigenvalue weighted by molar-refractivity contribution is 5.86. The maximum absolute atomic E-state index is 12.3. The highest BCUT2D eigenvalue weighted by Crippen LogP contribution is 2.45. The molecule has 18 heavy (non-hydrogen) atoms. The molecule has 0 aromatic carbocycles. The van der Waals surface area contributed by atoms with Crippen LogP contribution >= 0.6 is 0 Å².